The quantitative estimate of drug-likeness (QED) is 0.284. The number of rotatable bonds is 6. The number of nitrogens with one attached hydrogen (secondary N) is 2. The van der Waals surface area contributed by atoms with Crippen molar-refractivity contribution in [1.82, 2.24) is 19.5 Å². The van der Waals surface area contributed by atoms with Crippen LogP contribution >= 0.6 is 0 Å². The highest BCUT2D eigenvalue weighted by molar-refractivity contribution is 6.04. The fourth-order valence-corrected chi connectivity index (χ4v) is 4.21. The van der Waals surface area contributed by atoms with Crippen LogP contribution in [0.3, 0.4) is 0 Å². The Morgan fingerprint density at radius 2 is 1.79 bits per heavy atom. The summed E-state index contributed by atoms with van der Waals surface area (Å²) in [7, 11) is 0. The average Bonchev–Trinajstić information content (AvgIpc) is 3.41. The summed E-state index contributed by atoms with van der Waals surface area (Å²) in [4.78, 5) is 37.5. The summed E-state index contributed by atoms with van der Waals surface area (Å²) in [6.07, 6.45) is 6.56. The van der Waals surface area contributed by atoms with E-state index < -0.39 is 17.3 Å². The minimum Gasteiger partial charge on any atom is -0.453 e. The summed E-state index contributed by atoms with van der Waals surface area (Å²) < 4.78 is 22.3. The lowest BCUT2D eigenvalue weighted by molar-refractivity contribution is 0.102. The van der Waals surface area contributed by atoms with Gasteiger partial charge >= 0.3 is 0 Å². The number of hydrogen-bond donors (Lipinski definition) is 2. The van der Waals surface area contributed by atoms with E-state index in [1.807, 2.05) is 24.3 Å². The maximum atomic E-state index is 15.0. The molecule has 6 rings (SSSR count). The summed E-state index contributed by atoms with van der Waals surface area (Å²) in [6, 6.07) is 23.3. The highest BCUT2D eigenvalue weighted by Crippen LogP contribution is 2.33. The van der Waals surface area contributed by atoms with Crippen LogP contribution in [0.2, 0.25) is 0 Å². The second-order valence-electron chi connectivity index (χ2n) is 8.63. The molecule has 0 bridgehead atoms. The van der Waals surface area contributed by atoms with Crippen LogP contribution in [0.5, 0.6) is 11.5 Å². The van der Waals surface area contributed by atoms with E-state index in [4.69, 9.17) is 4.74 Å². The molecule has 0 spiro atoms. The standard InChI is InChI=1S/C30H20FN5O3/c31-24-16-20(34-29(37)22-9-5-15-36(30(22)38)21-7-2-1-3-8-21)10-11-27(24)39-26-12-14-33-28-23(26)17-25(35-28)19-6-4-13-32-18-19/h1-18H,(H,33,35)(H,34,37). The van der Waals surface area contributed by atoms with Gasteiger partial charge in [-0.25, -0.2) is 9.37 Å². The van der Waals surface area contributed by atoms with Gasteiger partial charge < -0.3 is 15.0 Å². The van der Waals surface area contributed by atoms with Crippen molar-refractivity contribution in [2.24, 2.45) is 0 Å². The number of nitrogens with zero attached hydrogens (tertiary/aromatic N) is 3. The van der Waals surface area contributed by atoms with E-state index in [9.17, 15) is 9.59 Å². The third-order valence-corrected chi connectivity index (χ3v) is 6.10. The molecule has 2 aromatic carbocycles. The number of halogens is 1. The molecule has 6 aromatic rings. The first-order valence-electron chi connectivity index (χ1n) is 12.0. The Kier molecular flexibility index (Phi) is 6.14. The van der Waals surface area contributed by atoms with Gasteiger partial charge in [0.15, 0.2) is 11.6 Å². The van der Waals surface area contributed by atoms with Gasteiger partial charge in [-0.15, -0.1) is 0 Å². The van der Waals surface area contributed by atoms with Crippen molar-refractivity contribution in [2.45, 2.75) is 0 Å². The Labute approximate surface area is 221 Å². The predicted octanol–water partition coefficient (Wildman–Crippen LogP) is 5.96. The minimum atomic E-state index is -0.685. The number of pyridine rings is 3. The van der Waals surface area contributed by atoms with Crippen LogP contribution in [0.4, 0.5) is 10.1 Å². The summed E-state index contributed by atoms with van der Waals surface area (Å²) >= 11 is 0. The number of amides is 1. The number of anilines is 1. The van der Waals surface area contributed by atoms with E-state index in [0.29, 0.717) is 22.5 Å². The van der Waals surface area contributed by atoms with Gasteiger partial charge in [-0.05, 0) is 60.7 Å². The number of aromatic amines is 1. The van der Waals surface area contributed by atoms with Gasteiger partial charge in [0.2, 0.25) is 0 Å². The summed E-state index contributed by atoms with van der Waals surface area (Å²) in [5.41, 5.74) is 2.51. The maximum absolute atomic E-state index is 15.0. The molecule has 4 aromatic heterocycles. The topological polar surface area (TPSA) is 102 Å². The molecule has 0 aliphatic carbocycles. The van der Waals surface area contributed by atoms with Crippen molar-refractivity contribution in [2.75, 3.05) is 5.32 Å². The van der Waals surface area contributed by atoms with E-state index in [2.05, 4.69) is 20.3 Å². The molecule has 8 nitrogen and oxygen atoms in total. The van der Waals surface area contributed by atoms with Crippen molar-refractivity contribution in [3.63, 3.8) is 0 Å². The summed E-state index contributed by atoms with van der Waals surface area (Å²) in [5, 5.41) is 3.27. The highest BCUT2D eigenvalue weighted by atomic mass is 19.1. The fraction of sp³-hybridized carbons (Fsp3) is 0. The first-order valence-corrected chi connectivity index (χ1v) is 12.0. The second-order valence-corrected chi connectivity index (χ2v) is 8.63. The number of ether oxygens (including phenoxy) is 1. The number of hydrogen-bond acceptors (Lipinski definition) is 5. The van der Waals surface area contributed by atoms with Gasteiger partial charge in [0, 0.05) is 53.5 Å². The molecule has 0 atom stereocenters. The van der Waals surface area contributed by atoms with Crippen molar-refractivity contribution in [3.8, 4) is 28.4 Å². The first kappa shape index (κ1) is 23.8. The molecule has 0 saturated heterocycles. The number of fused-ring (bicyclic) bond motifs is 1. The third kappa shape index (κ3) is 4.76. The smallest absolute Gasteiger partial charge is 0.267 e. The molecule has 2 N–H and O–H groups in total. The van der Waals surface area contributed by atoms with Crippen LogP contribution in [-0.4, -0.2) is 25.4 Å². The number of H-pyrrole nitrogens is 1. The first-order chi connectivity index (χ1) is 19.1. The number of carbonyl (C=O) groups excluding carboxylic acids is 1. The molecule has 39 heavy (non-hydrogen) atoms. The number of benzene rings is 2. The summed E-state index contributed by atoms with van der Waals surface area (Å²) in [5.74, 6) is -0.955. The molecule has 0 aliphatic heterocycles. The third-order valence-electron chi connectivity index (χ3n) is 6.10. The zero-order chi connectivity index (χ0) is 26.8. The van der Waals surface area contributed by atoms with Crippen LogP contribution in [0, 0.1) is 5.82 Å². The molecule has 1 amide bonds. The Bertz CT molecular complexity index is 1870. The fourth-order valence-electron chi connectivity index (χ4n) is 4.21. The molecule has 0 saturated carbocycles. The Balaban J connectivity index is 1.23. The molecule has 190 valence electrons. The normalized spacial score (nSPS) is 10.9. The van der Waals surface area contributed by atoms with Crippen molar-refractivity contribution < 1.29 is 13.9 Å². The van der Waals surface area contributed by atoms with E-state index in [-0.39, 0.29) is 17.0 Å². The lowest BCUT2D eigenvalue weighted by atomic mass is 10.2. The summed E-state index contributed by atoms with van der Waals surface area (Å²) in [6.45, 7) is 0. The molecule has 0 fully saturated rings. The molecule has 0 unspecified atom stereocenters. The Morgan fingerprint density at radius 3 is 2.59 bits per heavy atom. The Hall–Kier alpha value is -5.57. The molecular weight excluding hydrogens is 497 g/mol. The van der Waals surface area contributed by atoms with E-state index in [1.54, 1.807) is 61.2 Å². The highest BCUT2D eigenvalue weighted by Gasteiger charge is 2.16. The zero-order valence-corrected chi connectivity index (χ0v) is 20.3. The molecule has 4 heterocycles. The minimum absolute atomic E-state index is 0.0317. The zero-order valence-electron chi connectivity index (χ0n) is 20.3. The number of carbonyl (C=O) groups is 1. The van der Waals surface area contributed by atoms with Gasteiger partial charge in [0.1, 0.15) is 17.0 Å². The largest absolute Gasteiger partial charge is 0.453 e. The predicted molar refractivity (Wildman–Crippen MR) is 146 cm³/mol. The lowest BCUT2D eigenvalue weighted by Crippen LogP contribution is -2.27. The molecule has 0 radical (unpaired) electrons. The Morgan fingerprint density at radius 1 is 0.923 bits per heavy atom. The van der Waals surface area contributed by atoms with Gasteiger partial charge in [0.25, 0.3) is 11.5 Å². The van der Waals surface area contributed by atoms with Gasteiger partial charge in [-0.3, -0.25) is 19.1 Å². The van der Waals surface area contributed by atoms with Crippen molar-refractivity contribution >= 4 is 22.6 Å². The van der Waals surface area contributed by atoms with E-state index in [1.165, 1.54) is 22.8 Å². The number of para-hydroxylation sites is 1. The maximum Gasteiger partial charge on any atom is 0.267 e. The van der Waals surface area contributed by atoms with Crippen LogP contribution in [0.1, 0.15) is 10.4 Å². The van der Waals surface area contributed by atoms with Crippen LogP contribution in [-0.2, 0) is 0 Å². The lowest BCUT2D eigenvalue weighted by Gasteiger charge is -2.11. The van der Waals surface area contributed by atoms with Crippen molar-refractivity contribution in [1.29, 1.82) is 0 Å². The van der Waals surface area contributed by atoms with E-state index in [0.717, 1.165) is 17.3 Å². The van der Waals surface area contributed by atoms with Crippen LogP contribution in [0.25, 0.3) is 28.0 Å². The van der Waals surface area contributed by atoms with Gasteiger partial charge in [0.05, 0.1) is 5.39 Å². The average molecular weight is 518 g/mol. The van der Waals surface area contributed by atoms with Gasteiger partial charge in [-0.1, -0.05) is 18.2 Å². The van der Waals surface area contributed by atoms with Gasteiger partial charge in [-0.2, -0.15) is 0 Å². The van der Waals surface area contributed by atoms with Crippen LogP contribution in [0.15, 0.2) is 115 Å². The molecule has 9 heteroatoms. The van der Waals surface area contributed by atoms with Crippen LogP contribution < -0.4 is 15.6 Å². The monoisotopic (exact) mass is 517 g/mol. The number of aromatic nitrogens is 4. The van der Waals surface area contributed by atoms with E-state index >= 15 is 4.39 Å². The van der Waals surface area contributed by atoms with Crippen molar-refractivity contribution in [3.05, 3.63) is 131 Å². The second kappa shape index (κ2) is 10.1. The molecule has 0 aliphatic rings. The molecular formula is C30H20FN5O3. The SMILES string of the molecule is O=C(Nc1ccc(Oc2ccnc3[nH]c(-c4cccnc4)cc23)c(F)c1)c1cccn(-c2ccccc2)c1=O.